The van der Waals surface area contributed by atoms with Gasteiger partial charge in [-0.25, -0.2) is 0 Å². The number of phenolic OH excluding ortho intramolecular Hbond substituents is 1. The van der Waals surface area contributed by atoms with E-state index >= 15 is 0 Å². The van der Waals surface area contributed by atoms with Gasteiger partial charge in [0.2, 0.25) is 0 Å². The Hall–Kier alpha value is -5.03. The van der Waals surface area contributed by atoms with Gasteiger partial charge in [-0.2, -0.15) is 10.2 Å². The first-order chi connectivity index (χ1) is 17.7. The van der Waals surface area contributed by atoms with Crippen molar-refractivity contribution in [2.75, 3.05) is 4.90 Å². The average Bonchev–Trinajstić information content (AvgIpc) is 2.94. The second-order valence-corrected chi connectivity index (χ2v) is 8.16. The van der Waals surface area contributed by atoms with Crippen molar-refractivity contribution in [2.45, 2.75) is 0 Å². The van der Waals surface area contributed by atoms with E-state index in [2.05, 4.69) is 39.4 Å². The maximum Gasteiger partial charge on any atom is 0.153 e. The van der Waals surface area contributed by atoms with E-state index in [0.29, 0.717) is 12.0 Å². The molecule has 0 saturated heterocycles. The molecule has 5 aromatic rings. The zero-order chi connectivity index (χ0) is 24.7. The fraction of sp³-hybridized carbons (Fsp3) is 0. The summed E-state index contributed by atoms with van der Waals surface area (Å²) < 4.78 is 0. The van der Waals surface area contributed by atoms with E-state index in [4.69, 9.17) is 0 Å². The zero-order valence-corrected chi connectivity index (χ0v) is 19.4. The number of carbonyl (C=O) groups is 1. The van der Waals surface area contributed by atoms with Crippen LogP contribution < -0.4 is 4.90 Å². The highest BCUT2D eigenvalue weighted by atomic mass is 16.3. The van der Waals surface area contributed by atoms with Crippen molar-refractivity contribution in [1.29, 1.82) is 0 Å². The molecule has 5 rings (SSSR count). The molecular weight excluding hydrogens is 446 g/mol. The molecule has 5 heteroatoms. The van der Waals surface area contributed by atoms with Crippen LogP contribution in [-0.4, -0.2) is 11.4 Å². The number of anilines is 3. The van der Waals surface area contributed by atoms with E-state index in [1.54, 1.807) is 12.1 Å². The number of hydrogen-bond donors (Lipinski definition) is 1. The van der Waals surface area contributed by atoms with Crippen LogP contribution in [0.25, 0.3) is 11.1 Å². The largest absolute Gasteiger partial charge is 0.507 e. The fourth-order valence-electron chi connectivity index (χ4n) is 3.93. The summed E-state index contributed by atoms with van der Waals surface area (Å²) in [5, 5.41) is 18.5. The Morgan fingerprint density at radius 3 is 1.56 bits per heavy atom. The normalized spacial score (nSPS) is 10.9. The van der Waals surface area contributed by atoms with E-state index in [-0.39, 0.29) is 11.3 Å². The zero-order valence-electron chi connectivity index (χ0n) is 19.4. The topological polar surface area (TPSA) is 65.3 Å². The predicted octanol–water partition coefficient (Wildman–Crippen LogP) is 8.76. The Balaban J connectivity index is 1.34. The number of azo groups is 1. The molecule has 36 heavy (non-hydrogen) atoms. The number of benzene rings is 5. The molecule has 0 aromatic heterocycles. The maximum atomic E-state index is 11.1. The van der Waals surface area contributed by atoms with Crippen LogP contribution in [0.15, 0.2) is 138 Å². The molecule has 5 aromatic carbocycles. The summed E-state index contributed by atoms with van der Waals surface area (Å²) in [6, 6.07) is 41.0. The van der Waals surface area contributed by atoms with Crippen molar-refractivity contribution >= 4 is 34.7 Å². The molecule has 0 spiro atoms. The lowest BCUT2D eigenvalue weighted by molar-refractivity contribution is 0.112. The van der Waals surface area contributed by atoms with E-state index in [0.717, 1.165) is 33.9 Å². The molecule has 0 aliphatic rings. The molecular formula is C31H23N3O2. The molecule has 0 saturated carbocycles. The minimum absolute atomic E-state index is 0.0270. The maximum absolute atomic E-state index is 11.1. The van der Waals surface area contributed by atoms with Crippen molar-refractivity contribution in [1.82, 2.24) is 0 Å². The monoisotopic (exact) mass is 469 g/mol. The van der Waals surface area contributed by atoms with Crippen LogP contribution in [0.3, 0.4) is 0 Å². The summed E-state index contributed by atoms with van der Waals surface area (Å²) in [4.78, 5) is 13.3. The second-order valence-electron chi connectivity index (χ2n) is 8.16. The lowest BCUT2D eigenvalue weighted by Crippen LogP contribution is -2.09. The van der Waals surface area contributed by atoms with E-state index < -0.39 is 0 Å². The highest BCUT2D eigenvalue weighted by Gasteiger charge is 2.11. The average molecular weight is 470 g/mol. The summed E-state index contributed by atoms with van der Waals surface area (Å²) in [7, 11) is 0. The van der Waals surface area contributed by atoms with Crippen LogP contribution in [0.2, 0.25) is 0 Å². The Bertz CT molecular complexity index is 1440. The summed E-state index contributed by atoms with van der Waals surface area (Å²) in [5.74, 6) is -0.0270. The lowest BCUT2D eigenvalue weighted by atomic mass is 10.0. The van der Waals surface area contributed by atoms with Crippen LogP contribution in [0, 0.1) is 0 Å². The summed E-state index contributed by atoms with van der Waals surface area (Å²) in [5.41, 5.74) is 6.67. The van der Waals surface area contributed by atoms with Gasteiger partial charge >= 0.3 is 0 Å². The highest BCUT2D eigenvalue weighted by molar-refractivity contribution is 5.83. The Morgan fingerprint density at radius 2 is 1.03 bits per heavy atom. The number of para-hydroxylation sites is 2. The molecule has 0 radical (unpaired) electrons. The molecule has 0 unspecified atom stereocenters. The first kappa shape index (κ1) is 22.7. The number of aldehydes is 1. The highest BCUT2D eigenvalue weighted by Crippen LogP contribution is 2.35. The van der Waals surface area contributed by atoms with E-state index in [1.807, 2.05) is 84.9 Å². The van der Waals surface area contributed by atoms with Crippen molar-refractivity contribution < 1.29 is 9.90 Å². The van der Waals surface area contributed by atoms with Gasteiger partial charge in [0.25, 0.3) is 0 Å². The number of phenols is 1. The van der Waals surface area contributed by atoms with Crippen LogP contribution in [0.1, 0.15) is 10.4 Å². The molecule has 0 atom stereocenters. The molecule has 0 aliphatic heterocycles. The SMILES string of the molecule is O=Cc1cc(-c2ccc(N=Nc3ccc(N(c4ccccc4)c4ccccc4)cc3)cc2)ccc1O. The number of rotatable bonds is 7. The first-order valence-electron chi connectivity index (χ1n) is 11.5. The van der Waals surface area contributed by atoms with Gasteiger partial charge < -0.3 is 10.0 Å². The smallest absolute Gasteiger partial charge is 0.153 e. The van der Waals surface area contributed by atoms with E-state index in [1.165, 1.54) is 6.07 Å². The number of carbonyl (C=O) groups excluding carboxylic acids is 1. The summed E-state index contributed by atoms with van der Waals surface area (Å²) in [6.07, 6.45) is 0.644. The molecule has 0 fully saturated rings. The minimum Gasteiger partial charge on any atom is -0.507 e. The third kappa shape index (κ3) is 5.05. The fourth-order valence-corrected chi connectivity index (χ4v) is 3.93. The number of aromatic hydroxyl groups is 1. The molecule has 0 amide bonds. The van der Waals surface area contributed by atoms with Gasteiger partial charge in [-0.1, -0.05) is 54.6 Å². The van der Waals surface area contributed by atoms with Gasteiger partial charge in [0, 0.05) is 17.1 Å². The summed E-state index contributed by atoms with van der Waals surface area (Å²) >= 11 is 0. The van der Waals surface area contributed by atoms with Crippen molar-refractivity contribution in [3.05, 3.63) is 133 Å². The van der Waals surface area contributed by atoms with Crippen molar-refractivity contribution in [3.63, 3.8) is 0 Å². The summed E-state index contributed by atoms with van der Waals surface area (Å²) in [6.45, 7) is 0. The quantitative estimate of drug-likeness (QED) is 0.191. The van der Waals surface area contributed by atoms with Crippen LogP contribution in [0.4, 0.5) is 28.4 Å². The lowest BCUT2D eigenvalue weighted by Gasteiger charge is -2.25. The van der Waals surface area contributed by atoms with Gasteiger partial charge in [0.15, 0.2) is 6.29 Å². The van der Waals surface area contributed by atoms with Gasteiger partial charge in [-0.05, 0) is 83.9 Å². The second kappa shape index (κ2) is 10.5. The van der Waals surface area contributed by atoms with Crippen LogP contribution >= 0.6 is 0 Å². The van der Waals surface area contributed by atoms with E-state index in [9.17, 15) is 9.90 Å². The minimum atomic E-state index is -0.0270. The van der Waals surface area contributed by atoms with Crippen LogP contribution in [-0.2, 0) is 0 Å². The van der Waals surface area contributed by atoms with Crippen molar-refractivity contribution in [2.24, 2.45) is 10.2 Å². The van der Waals surface area contributed by atoms with Gasteiger partial charge in [-0.3, -0.25) is 4.79 Å². The standard InChI is InChI=1S/C31H23N3O2/c35-22-25-21-24(13-20-31(25)36)23-11-14-26(15-12-23)32-33-27-16-18-30(19-17-27)34(28-7-3-1-4-8-28)29-9-5-2-6-10-29/h1-22,36H. The predicted molar refractivity (Wildman–Crippen MR) is 144 cm³/mol. The van der Waals surface area contributed by atoms with Gasteiger partial charge in [0.1, 0.15) is 5.75 Å². The molecule has 5 nitrogen and oxygen atoms in total. The molecule has 1 N–H and O–H groups in total. The molecule has 0 aliphatic carbocycles. The number of hydrogen-bond acceptors (Lipinski definition) is 5. The Labute approximate surface area is 209 Å². The molecule has 0 bridgehead atoms. The number of nitrogens with zero attached hydrogens (tertiary/aromatic N) is 3. The Morgan fingerprint density at radius 1 is 0.556 bits per heavy atom. The first-order valence-corrected chi connectivity index (χ1v) is 11.5. The third-order valence-corrected chi connectivity index (χ3v) is 5.77. The van der Waals surface area contributed by atoms with Crippen LogP contribution in [0.5, 0.6) is 5.75 Å². The molecule has 0 heterocycles. The van der Waals surface area contributed by atoms with Crippen molar-refractivity contribution in [3.8, 4) is 16.9 Å². The van der Waals surface area contributed by atoms with Gasteiger partial charge in [0.05, 0.1) is 16.9 Å². The van der Waals surface area contributed by atoms with Gasteiger partial charge in [-0.15, -0.1) is 0 Å². The molecule has 174 valence electrons. The third-order valence-electron chi connectivity index (χ3n) is 5.77. The Kier molecular flexibility index (Phi) is 6.63.